The molecular formula is C24H30FN3O2. The van der Waals surface area contributed by atoms with Gasteiger partial charge in [0.25, 0.3) is 5.91 Å². The highest BCUT2D eigenvalue weighted by Gasteiger charge is 2.21. The van der Waals surface area contributed by atoms with Crippen LogP contribution in [0.4, 0.5) is 4.39 Å². The third-order valence-corrected chi connectivity index (χ3v) is 5.15. The zero-order valence-corrected chi connectivity index (χ0v) is 18.2. The number of imidazole rings is 1. The maximum Gasteiger partial charge on any atom is 0.254 e. The van der Waals surface area contributed by atoms with Gasteiger partial charge < -0.3 is 14.2 Å². The normalized spacial score (nSPS) is 11.3. The van der Waals surface area contributed by atoms with Gasteiger partial charge in [0.15, 0.2) is 0 Å². The fourth-order valence-electron chi connectivity index (χ4n) is 3.52. The van der Waals surface area contributed by atoms with E-state index in [1.165, 1.54) is 12.1 Å². The van der Waals surface area contributed by atoms with Gasteiger partial charge >= 0.3 is 0 Å². The standard InChI is InChI=1S/C24H30FN3O2/c1-5-12-28-22-15-19(25)9-10-21(22)26-23(28)16-27(13-11-17(2)3)24(29)18-7-6-8-20(14-18)30-4/h6-10,14-15,17H,5,11-13,16H2,1-4H3. The smallest absolute Gasteiger partial charge is 0.254 e. The molecule has 0 aliphatic carbocycles. The maximum atomic E-state index is 13.8. The van der Waals surface area contributed by atoms with Crippen molar-refractivity contribution in [2.24, 2.45) is 5.92 Å². The Labute approximate surface area is 177 Å². The second kappa shape index (κ2) is 9.74. The van der Waals surface area contributed by atoms with Crippen molar-refractivity contribution in [1.29, 1.82) is 0 Å². The SMILES string of the molecule is CCCn1c(CN(CCC(C)C)C(=O)c2cccc(OC)c2)nc2ccc(F)cc21. The average Bonchev–Trinajstić information content (AvgIpc) is 3.07. The van der Waals surface area contributed by atoms with Gasteiger partial charge in [-0.25, -0.2) is 9.37 Å². The summed E-state index contributed by atoms with van der Waals surface area (Å²) in [5.41, 5.74) is 2.10. The molecule has 1 heterocycles. The number of halogens is 1. The van der Waals surface area contributed by atoms with Crippen LogP contribution in [0.1, 0.15) is 49.8 Å². The van der Waals surface area contributed by atoms with Crippen molar-refractivity contribution in [1.82, 2.24) is 14.5 Å². The van der Waals surface area contributed by atoms with Gasteiger partial charge in [-0.05, 0) is 55.2 Å². The zero-order valence-electron chi connectivity index (χ0n) is 18.2. The Hall–Kier alpha value is -2.89. The predicted molar refractivity (Wildman–Crippen MR) is 117 cm³/mol. The predicted octanol–water partition coefficient (Wildman–Crippen LogP) is 5.28. The Kier molecular flexibility index (Phi) is 7.08. The quantitative estimate of drug-likeness (QED) is 0.481. The van der Waals surface area contributed by atoms with Crippen LogP contribution in [-0.4, -0.2) is 34.0 Å². The lowest BCUT2D eigenvalue weighted by Gasteiger charge is -2.24. The molecular weight excluding hydrogens is 381 g/mol. The number of hydrogen-bond acceptors (Lipinski definition) is 3. The first kappa shape index (κ1) is 21.8. The van der Waals surface area contributed by atoms with Crippen LogP contribution in [0, 0.1) is 11.7 Å². The molecule has 6 heteroatoms. The second-order valence-electron chi connectivity index (χ2n) is 7.95. The van der Waals surface area contributed by atoms with Gasteiger partial charge in [0, 0.05) is 18.7 Å². The van der Waals surface area contributed by atoms with Crippen LogP contribution in [0.25, 0.3) is 11.0 Å². The Bertz CT molecular complexity index is 1010. The lowest BCUT2D eigenvalue weighted by Crippen LogP contribution is -2.33. The molecule has 0 saturated carbocycles. The Morgan fingerprint density at radius 1 is 1.23 bits per heavy atom. The van der Waals surface area contributed by atoms with Crippen LogP contribution < -0.4 is 4.74 Å². The van der Waals surface area contributed by atoms with E-state index in [4.69, 9.17) is 9.72 Å². The van der Waals surface area contributed by atoms with Gasteiger partial charge in [0.2, 0.25) is 0 Å². The molecule has 0 saturated heterocycles. The van der Waals surface area contributed by atoms with Gasteiger partial charge in [0.1, 0.15) is 17.4 Å². The van der Waals surface area contributed by atoms with Crippen LogP contribution in [-0.2, 0) is 13.1 Å². The molecule has 1 aromatic heterocycles. The number of rotatable bonds is 9. The molecule has 1 amide bonds. The molecule has 160 valence electrons. The third-order valence-electron chi connectivity index (χ3n) is 5.15. The topological polar surface area (TPSA) is 47.4 Å². The summed E-state index contributed by atoms with van der Waals surface area (Å²) >= 11 is 0. The molecule has 0 radical (unpaired) electrons. The number of aromatic nitrogens is 2. The van der Waals surface area contributed by atoms with Crippen LogP contribution in [0.2, 0.25) is 0 Å². The van der Waals surface area contributed by atoms with Gasteiger partial charge in [0.05, 0.1) is 24.7 Å². The fraction of sp³-hybridized carbons (Fsp3) is 0.417. The maximum absolute atomic E-state index is 13.8. The van der Waals surface area contributed by atoms with Crippen molar-refractivity contribution in [2.75, 3.05) is 13.7 Å². The molecule has 0 atom stereocenters. The highest BCUT2D eigenvalue weighted by molar-refractivity contribution is 5.94. The summed E-state index contributed by atoms with van der Waals surface area (Å²) in [6.07, 6.45) is 1.78. The minimum Gasteiger partial charge on any atom is -0.497 e. The number of carbonyl (C=O) groups excluding carboxylic acids is 1. The molecule has 3 rings (SSSR count). The summed E-state index contributed by atoms with van der Waals surface area (Å²) in [6.45, 7) is 8.08. The van der Waals surface area contributed by atoms with E-state index in [9.17, 15) is 9.18 Å². The van der Waals surface area contributed by atoms with Gasteiger partial charge in [-0.3, -0.25) is 4.79 Å². The minimum absolute atomic E-state index is 0.0594. The van der Waals surface area contributed by atoms with E-state index >= 15 is 0 Å². The van der Waals surface area contributed by atoms with Crippen LogP contribution >= 0.6 is 0 Å². The summed E-state index contributed by atoms with van der Waals surface area (Å²) in [6, 6.07) is 11.8. The first-order valence-corrected chi connectivity index (χ1v) is 10.5. The number of nitrogens with zero attached hydrogens (tertiary/aromatic N) is 3. The van der Waals surface area contributed by atoms with Gasteiger partial charge in [-0.2, -0.15) is 0 Å². The lowest BCUT2D eigenvalue weighted by molar-refractivity contribution is 0.0729. The summed E-state index contributed by atoms with van der Waals surface area (Å²) in [7, 11) is 1.59. The summed E-state index contributed by atoms with van der Waals surface area (Å²) in [5.74, 6) is 1.55. The summed E-state index contributed by atoms with van der Waals surface area (Å²) in [4.78, 5) is 19.9. The molecule has 0 spiro atoms. The van der Waals surface area contributed by atoms with Crippen molar-refractivity contribution in [3.05, 3.63) is 59.7 Å². The van der Waals surface area contributed by atoms with E-state index in [0.717, 1.165) is 36.2 Å². The number of fused-ring (bicyclic) bond motifs is 1. The third kappa shape index (κ3) is 4.99. The highest BCUT2D eigenvalue weighted by atomic mass is 19.1. The fourth-order valence-corrected chi connectivity index (χ4v) is 3.52. The summed E-state index contributed by atoms with van der Waals surface area (Å²) in [5, 5.41) is 0. The number of methoxy groups -OCH3 is 1. The number of amides is 1. The van der Waals surface area contributed by atoms with Crippen molar-refractivity contribution < 1.29 is 13.9 Å². The largest absolute Gasteiger partial charge is 0.497 e. The Morgan fingerprint density at radius 3 is 2.73 bits per heavy atom. The molecule has 30 heavy (non-hydrogen) atoms. The van der Waals surface area contributed by atoms with Gasteiger partial charge in [-0.1, -0.05) is 26.8 Å². The molecule has 5 nitrogen and oxygen atoms in total. The molecule has 0 N–H and O–H groups in total. The number of benzene rings is 2. The molecule has 3 aromatic rings. The van der Waals surface area contributed by atoms with E-state index in [1.54, 1.807) is 25.3 Å². The van der Waals surface area contributed by atoms with E-state index in [0.29, 0.717) is 30.3 Å². The van der Waals surface area contributed by atoms with Crippen LogP contribution in [0.15, 0.2) is 42.5 Å². The van der Waals surface area contributed by atoms with E-state index < -0.39 is 0 Å². The molecule has 0 aliphatic heterocycles. The monoisotopic (exact) mass is 411 g/mol. The average molecular weight is 412 g/mol. The van der Waals surface area contributed by atoms with Crippen molar-refractivity contribution in [3.8, 4) is 5.75 Å². The number of ether oxygens (including phenoxy) is 1. The zero-order chi connectivity index (χ0) is 21.7. The van der Waals surface area contributed by atoms with E-state index in [2.05, 4.69) is 20.8 Å². The van der Waals surface area contributed by atoms with Crippen molar-refractivity contribution in [3.63, 3.8) is 0 Å². The molecule has 2 aromatic carbocycles. The lowest BCUT2D eigenvalue weighted by atomic mass is 10.1. The van der Waals surface area contributed by atoms with Gasteiger partial charge in [-0.15, -0.1) is 0 Å². The first-order chi connectivity index (χ1) is 14.4. The minimum atomic E-state index is -0.282. The van der Waals surface area contributed by atoms with E-state index in [1.807, 2.05) is 21.6 Å². The van der Waals surface area contributed by atoms with Crippen molar-refractivity contribution in [2.45, 2.75) is 46.7 Å². The number of hydrogen-bond donors (Lipinski definition) is 0. The first-order valence-electron chi connectivity index (χ1n) is 10.5. The molecule has 0 aliphatic rings. The van der Waals surface area contributed by atoms with Crippen molar-refractivity contribution >= 4 is 16.9 Å². The molecule has 0 unspecified atom stereocenters. The Balaban J connectivity index is 1.96. The molecule has 0 bridgehead atoms. The van der Waals surface area contributed by atoms with E-state index in [-0.39, 0.29) is 11.7 Å². The molecule has 0 fully saturated rings. The number of aryl methyl sites for hydroxylation is 1. The number of carbonyl (C=O) groups is 1. The Morgan fingerprint density at radius 2 is 2.03 bits per heavy atom. The summed E-state index contributed by atoms with van der Waals surface area (Å²) < 4.78 is 21.1. The van der Waals surface area contributed by atoms with Crippen LogP contribution in [0.5, 0.6) is 5.75 Å². The second-order valence-corrected chi connectivity index (χ2v) is 7.95. The highest BCUT2D eigenvalue weighted by Crippen LogP contribution is 2.22. The van der Waals surface area contributed by atoms with Crippen LogP contribution in [0.3, 0.4) is 0 Å².